The monoisotopic (exact) mass is 354 g/mol. The molecule has 0 unspecified atom stereocenters. The van der Waals surface area contributed by atoms with Crippen LogP contribution in [0.15, 0.2) is 72.9 Å². The highest BCUT2D eigenvalue weighted by atomic mass is 16.5. The van der Waals surface area contributed by atoms with Gasteiger partial charge in [0, 0.05) is 12.2 Å². The van der Waals surface area contributed by atoms with Crippen LogP contribution in [0.5, 0.6) is 11.5 Å². The molecule has 0 spiro atoms. The van der Waals surface area contributed by atoms with Gasteiger partial charge >= 0.3 is 11.9 Å². The van der Waals surface area contributed by atoms with Gasteiger partial charge in [0.05, 0.1) is 0 Å². The minimum atomic E-state index is -0.460. The molecule has 4 nitrogen and oxygen atoms in total. The summed E-state index contributed by atoms with van der Waals surface area (Å²) in [5.41, 5.74) is 0. The lowest BCUT2D eigenvalue weighted by Crippen LogP contribution is -2.05. The fourth-order valence-electron chi connectivity index (χ4n) is 1.83. The second-order valence-electron chi connectivity index (χ2n) is 5.47. The summed E-state index contributed by atoms with van der Waals surface area (Å²) in [7, 11) is 0. The van der Waals surface area contributed by atoms with Crippen LogP contribution in [-0.2, 0) is 9.59 Å². The molecule has 1 rings (SSSR count). The molecule has 0 radical (unpaired) electrons. The molecule has 0 atom stereocenters. The molecule has 0 aliphatic carbocycles. The molecular formula is C22H26O4. The van der Waals surface area contributed by atoms with Gasteiger partial charge in [0.1, 0.15) is 11.5 Å². The quantitative estimate of drug-likeness (QED) is 0.247. The molecule has 0 bridgehead atoms. The first-order chi connectivity index (χ1) is 12.7. The van der Waals surface area contributed by atoms with E-state index in [-0.39, 0.29) is 0 Å². The zero-order chi connectivity index (χ0) is 19.0. The van der Waals surface area contributed by atoms with Crippen LogP contribution in [0.4, 0.5) is 0 Å². The third-order valence-corrected chi connectivity index (χ3v) is 3.13. The molecule has 0 saturated carbocycles. The molecule has 1 aromatic rings. The van der Waals surface area contributed by atoms with E-state index in [1.54, 1.807) is 36.4 Å². The number of hydrogen-bond acceptors (Lipinski definition) is 4. The smallest absolute Gasteiger partial charge is 0.336 e. The van der Waals surface area contributed by atoms with E-state index in [0.29, 0.717) is 11.5 Å². The second-order valence-corrected chi connectivity index (χ2v) is 5.47. The summed E-state index contributed by atoms with van der Waals surface area (Å²) in [6.07, 6.45) is 17.7. The van der Waals surface area contributed by atoms with E-state index in [1.165, 1.54) is 12.2 Å². The lowest BCUT2D eigenvalue weighted by atomic mass is 10.3. The number of esters is 2. The van der Waals surface area contributed by atoms with Crippen LogP contribution in [0.1, 0.15) is 39.5 Å². The van der Waals surface area contributed by atoms with E-state index in [9.17, 15) is 9.59 Å². The number of benzene rings is 1. The molecule has 0 aromatic heterocycles. The van der Waals surface area contributed by atoms with Crippen LogP contribution in [-0.4, -0.2) is 11.9 Å². The highest BCUT2D eigenvalue weighted by Gasteiger charge is 2.03. The molecule has 0 amide bonds. The van der Waals surface area contributed by atoms with Crippen molar-refractivity contribution in [2.75, 3.05) is 0 Å². The summed E-state index contributed by atoms with van der Waals surface area (Å²) in [6, 6.07) is 6.30. The van der Waals surface area contributed by atoms with Gasteiger partial charge in [0.25, 0.3) is 0 Å². The van der Waals surface area contributed by atoms with Gasteiger partial charge in [-0.3, -0.25) is 0 Å². The van der Waals surface area contributed by atoms with E-state index < -0.39 is 11.9 Å². The van der Waals surface area contributed by atoms with E-state index in [2.05, 4.69) is 13.8 Å². The molecule has 0 fully saturated rings. The standard InChI is InChI=1S/C22H26O4/c1-3-5-7-9-11-13-21(23)25-19-15-17-20(18-16-19)26-22(24)14-12-10-8-6-4-2/h7-18H,3-6H2,1-2H3. The van der Waals surface area contributed by atoms with Gasteiger partial charge in [-0.1, -0.05) is 63.1 Å². The number of allylic oxidation sites excluding steroid dienone is 6. The normalized spacial score (nSPS) is 11.8. The summed E-state index contributed by atoms with van der Waals surface area (Å²) in [5.74, 6) is -0.152. The van der Waals surface area contributed by atoms with Crippen molar-refractivity contribution in [2.24, 2.45) is 0 Å². The molecule has 0 N–H and O–H groups in total. The van der Waals surface area contributed by atoms with Gasteiger partial charge in [0.15, 0.2) is 0 Å². The average molecular weight is 354 g/mol. The second kappa shape index (κ2) is 13.4. The van der Waals surface area contributed by atoms with Gasteiger partial charge in [-0.05, 0) is 37.1 Å². The Morgan fingerprint density at radius 3 is 1.46 bits per heavy atom. The molecule has 0 aliphatic rings. The molecule has 0 saturated heterocycles. The van der Waals surface area contributed by atoms with E-state index in [0.717, 1.165) is 25.7 Å². The third kappa shape index (κ3) is 10.1. The van der Waals surface area contributed by atoms with Crippen molar-refractivity contribution in [2.45, 2.75) is 39.5 Å². The minimum absolute atomic E-state index is 0.384. The molecule has 0 aliphatic heterocycles. The maximum atomic E-state index is 11.7. The Hall–Kier alpha value is -2.88. The molecule has 0 heterocycles. The third-order valence-electron chi connectivity index (χ3n) is 3.13. The Morgan fingerprint density at radius 1 is 0.731 bits per heavy atom. The Bertz CT molecular complexity index is 605. The minimum Gasteiger partial charge on any atom is -0.423 e. The fourth-order valence-corrected chi connectivity index (χ4v) is 1.83. The van der Waals surface area contributed by atoms with Crippen LogP contribution < -0.4 is 9.47 Å². The van der Waals surface area contributed by atoms with Gasteiger partial charge in [-0.15, -0.1) is 0 Å². The van der Waals surface area contributed by atoms with E-state index in [4.69, 9.17) is 9.47 Å². The van der Waals surface area contributed by atoms with Gasteiger partial charge in [-0.2, -0.15) is 0 Å². The predicted molar refractivity (Wildman–Crippen MR) is 104 cm³/mol. The Balaban J connectivity index is 2.45. The predicted octanol–water partition coefficient (Wildman–Crippen LogP) is 5.32. The van der Waals surface area contributed by atoms with E-state index >= 15 is 0 Å². The Morgan fingerprint density at radius 2 is 1.12 bits per heavy atom. The van der Waals surface area contributed by atoms with E-state index in [1.807, 2.05) is 24.3 Å². The van der Waals surface area contributed by atoms with Gasteiger partial charge in [0.2, 0.25) is 0 Å². The Kier molecular flexibility index (Phi) is 10.9. The molecule has 1 aromatic carbocycles. The van der Waals surface area contributed by atoms with Crippen LogP contribution in [0.2, 0.25) is 0 Å². The molecule has 4 heteroatoms. The number of ether oxygens (including phenoxy) is 2. The maximum absolute atomic E-state index is 11.7. The highest BCUT2D eigenvalue weighted by molar-refractivity contribution is 5.85. The first-order valence-electron chi connectivity index (χ1n) is 8.85. The van der Waals surface area contributed by atoms with Crippen LogP contribution in [0.25, 0.3) is 0 Å². The molecule has 26 heavy (non-hydrogen) atoms. The highest BCUT2D eigenvalue weighted by Crippen LogP contribution is 2.18. The summed E-state index contributed by atoms with van der Waals surface area (Å²) in [6.45, 7) is 4.18. The summed E-state index contributed by atoms with van der Waals surface area (Å²) in [5, 5.41) is 0. The fraction of sp³-hybridized carbons (Fsp3) is 0.273. The van der Waals surface area contributed by atoms with Crippen LogP contribution >= 0.6 is 0 Å². The zero-order valence-corrected chi connectivity index (χ0v) is 15.4. The first kappa shape index (κ1) is 21.2. The summed E-state index contributed by atoms with van der Waals surface area (Å²) >= 11 is 0. The number of unbranched alkanes of at least 4 members (excludes halogenated alkanes) is 2. The van der Waals surface area contributed by atoms with Gasteiger partial charge in [-0.25, -0.2) is 9.59 Å². The topological polar surface area (TPSA) is 52.6 Å². The van der Waals surface area contributed by atoms with Crippen molar-refractivity contribution in [3.8, 4) is 11.5 Å². The lowest BCUT2D eigenvalue weighted by Gasteiger charge is -2.03. The lowest BCUT2D eigenvalue weighted by molar-refractivity contribution is -0.130. The maximum Gasteiger partial charge on any atom is 0.336 e. The molecule has 138 valence electrons. The van der Waals surface area contributed by atoms with Crippen LogP contribution in [0, 0.1) is 0 Å². The number of carbonyl (C=O) groups is 2. The van der Waals surface area contributed by atoms with Crippen molar-refractivity contribution in [3.63, 3.8) is 0 Å². The zero-order valence-electron chi connectivity index (χ0n) is 15.4. The first-order valence-corrected chi connectivity index (χ1v) is 8.85. The largest absolute Gasteiger partial charge is 0.423 e. The van der Waals surface area contributed by atoms with Crippen molar-refractivity contribution in [1.29, 1.82) is 0 Å². The van der Waals surface area contributed by atoms with Crippen LogP contribution in [0.3, 0.4) is 0 Å². The van der Waals surface area contributed by atoms with Crippen molar-refractivity contribution >= 4 is 11.9 Å². The number of carbonyl (C=O) groups excluding carboxylic acids is 2. The Labute approximate surface area is 155 Å². The van der Waals surface area contributed by atoms with Crippen molar-refractivity contribution in [3.05, 3.63) is 72.9 Å². The molecular weight excluding hydrogens is 328 g/mol. The van der Waals surface area contributed by atoms with Crippen molar-refractivity contribution < 1.29 is 19.1 Å². The van der Waals surface area contributed by atoms with Gasteiger partial charge < -0.3 is 9.47 Å². The summed E-state index contributed by atoms with van der Waals surface area (Å²) < 4.78 is 10.3. The van der Waals surface area contributed by atoms with Crippen molar-refractivity contribution in [1.82, 2.24) is 0 Å². The SMILES string of the molecule is CCCC=CC=CC(=O)Oc1ccc(OC(=O)C=CC=CCCC)cc1. The average Bonchev–Trinajstić information content (AvgIpc) is 2.63. The number of hydrogen-bond donors (Lipinski definition) is 0. The number of rotatable bonds is 10. The summed E-state index contributed by atoms with van der Waals surface area (Å²) in [4.78, 5) is 23.3.